The number of hydrogen-bond donors (Lipinski definition) is 1. The standard InChI is InChI=1S/C17H22N2O3/c1-17(2)16(21)19(14-7-4-3-6-13(14)18-17)10-5-11-22-15(20)12-8-9-12/h3-4,6-7,12,18H,5,8-11H2,1-2H3. The molecule has 1 aliphatic heterocycles. The Morgan fingerprint density at radius 2 is 2.09 bits per heavy atom. The van der Waals surface area contributed by atoms with Crippen LogP contribution in [0.1, 0.15) is 33.1 Å². The van der Waals surface area contributed by atoms with E-state index in [2.05, 4.69) is 5.32 Å². The third kappa shape index (κ3) is 2.93. The molecule has 5 heteroatoms. The van der Waals surface area contributed by atoms with Gasteiger partial charge in [0.15, 0.2) is 0 Å². The second kappa shape index (κ2) is 5.63. The molecule has 22 heavy (non-hydrogen) atoms. The zero-order valence-electron chi connectivity index (χ0n) is 13.1. The van der Waals surface area contributed by atoms with Crippen LogP contribution in [0.3, 0.4) is 0 Å². The number of hydrogen-bond acceptors (Lipinski definition) is 4. The first kappa shape index (κ1) is 14.9. The number of carbonyl (C=O) groups excluding carboxylic acids is 2. The van der Waals surface area contributed by atoms with Crippen molar-refractivity contribution in [2.24, 2.45) is 5.92 Å². The quantitative estimate of drug-likeness (QED) is 0.671. The highest BCUT2D eigenvalue weighted by atomic mass is 16.5. The molecule has 1 saturated carbocycles. The zero-order valence-corrected chi connectivity index (χ0v) is 13.1. The fraction of sp³-hybridized carbons (Fsp3) is 0.529. The number of fused-ring (bicyclic) bond motifs is 1. The van der Waals surface area contributed by atoms with Crippen LogP contribution in [0.25, 0.3) is 0 Å². The van der Waals surface area contributed by atoms with Crippen LogP contribution < -0.4 is 10.2 Å². The molecule has 1 N–H and O–H groups in total. The van der Waals surface area contributed by atoms with Crippen LogP contribution in [0.2, 0.25) is 0 Å². The minimum Gasteiger partial charge on any atom is -0.465 e. The van der Waals surface area contributed by atoms with Crippen molar-refractivity contribution in [3.63, 3.8) is 0 Å². The number of anilines is 2. The van der Waals surface area contributed by atoms with Gasteiger partial charge in [0.05, 0.1) is 23.9 Å². The van der Waals surface area contributed by atoms with E-state index in [9.17, 15) is 9.59 Å². The number of esters is 1. The van der Waals surface area contributed by atoms with Gasteiger partial charge in [-0.05, 0) is 45.2 Å². The third-order valence-electron chi connectivity index (χ3n) is 4.10. The fourth-order valence-corrected chi connectivity index (χ4v) is 2.71. The van der Waals surface area contributed by atoms with E-state index < -0.39 is 5.54 Å². The van der Waals surface area contributed by atoms with Crippen LogP contribution in [0, 0.1) is 5.92 Å². The Hall–Kier alpha value is -2.04. The third-order valence-corrected chi connectivity index (χ3v) is 4.10. The van der Waals surface area contributed by atoms with Crippen molar-refractivity contribution < 1.29 is 14.3 Å². The van der Waals surface area contributed by atoms with E-state index in [1.807, 2.05) is 38.1 Å². The molecule has 3 rings (SSSR count). The number of nitrogens with zero attached hydrogens (tertiary/aromatic N) is 1. The van der Waals surface area contributed by atoms with Crippen molar-refractivity contribution in [1.29, 1.82) is 0 Å². The molecule has 0 spiro atoms. The van der Waals surface area contributed by atoms with Crippen LogP contribution in [-0.2, 0) is 14.3 Å². The number of amides is 1. The molecule has 2 aliphatic rings. The maximum atomic E-state index is 12.6. The van der Waals surface area contributed by atoms with Crippen molar-refractivity contribution in [2.75, 3.05) is 23.4 Å². The van der Waals surface area contributed by atoms with Crippen molar-refractivity contribution in [2.45, 2.75) is 38.6 Å². The Morgan fingerprint density at radius 3 is 2.82 bits per heavy atom. The highest BCUT2D eigenvalue weighted by Crippen LogP contribution is 2.35. The average molecular weight is 302 g/mol. The largest absolute Gasteiger partial charge is 0.465 e. The van der Waals surface area contributed by atoms with Gasteiger partial charge in [-0.25, -0.2) is 0 Å². The molecule has 0 radical (unpaired) electrons. The fourth-order valence-electron chi connectivity index (χ4n) is 2.71. The van der Waals surface area contributed by atoms with Gasteiger partial charge < -0.3 is 15.0 Å². The maximum absolute atomic E-state index is 12.6. The Kier molecular flexibility index (Phi) is 3.81. The van der Waals surface area contributed by atoms with Crippen LogP contribution in [-0.4, -0.2) is 30.6 Å². The molecule has 0 aromatic heterocycles. The predicted octanol–water partition coefficient (Wildman–Crippen LogP) is 2.57. The van der Waals surface area contributed by atoms with Crippen LogP contribution in [0.15, 0.2) is 24.3 Å². The molecule has 1 aromatic rings. The van der Waals surface area contributed by atoms with Gasteiger partial charge in [-0.2, -0.15) is 0 Å². The van der Waals surface area contributed by atoms with E-state index in [-0.39, 0.29) is 17.8 Å². The monoisotopic (exact) mass is 302 g/mol. The number of ether oxygens (including phenoxy) is 1. The summed E-state index contributed by atoms with van der Waals surface area (Å²) in [5.74, 6) is 0.0764. The van der Waals surface area contributed by atoms with Gasteiger partial charge >= 0.3 is 5.97 Å². The maximum Gasteiger partial charge on any atom is 0.308 e. The lowest BCUT2D eigenvalue weighted by atomic mass is 9.98. The van der Waals surface area contributed by atoms with Crippen molar-refractivity contribution in [3.8, 4) is 0 Å². The second-order valence-electron chi connectivity index (χ2n) is 6.52. The Labute approximate surface area is 130 Å². The molecule has 1 aromatic carbocycles. The Bertz CT molecular complexity index is 593. The lowest BCUT2D eigenvalue weighted by Gasteiger charge is -2.40. The van der Waals surface area contributed by atoms with Gasteiger partial charge in [-0.15, -0.1) is 0 Å². The van der Waals surface area contributed by atoms with Crippen molar-refractivity contribution in [1.82, 2.24) is 0 Å². The van der Waals surface area contributed by atoms with E-state index >= 15 is 0 Å². The van der Waals surface area contributed by atoms with E-state index in [4.69, 9.17) is 4.74 Å². The zero-order chi connectivity index (χ0) is 15.7. The molecule has 1 fully saturated rings. The van der Waals surface area contributed by atoms with Gasteiger partial charge in [-0.1, -0.05) is 12.1 Å². The summed E-state index contributed by atoms with van der Waals surface area (Å²) < 4.78 is 5.24. The predicted molar refractivity (Wildman–Crippen MR) is 84.8 cm³/mol. The molecule has 0 unspecified atom stereocenters. The minimum atomic E-state index is -0.626. The molecule has 1 heterocycles. The van der Waals surface area contributed by atoms with Gasteiger partial charge in [-0.3, -0.25) is 9.59 Å². The summed E-state index contributed by atoms with van der Waals surface area (Å²) in [5.41, 5.74) is 1.22. The SMILES string of the molecule is CC1(C)Nc2ccccc2N(CCCOC(=O)C2CC2)C1=O. The van der Waals surface area contributed by atoms with Gasteiger partial charge in [0.2, 0.25) is 0 Å². The highest BCUT2D eigenvalue weighted by Gasteiger charge is 2.38. The topological polar surface area (TPSA) is 58.6 Å². The lowest BCUT2D eigenvalue weighted by Crippen LogP contribution is -2.54. The summed E-state index contributed by atoms with van der Waals surface area (Å²) >= 11 is 0. The molecule has 1 aliphatic carbocycles. The Balaban J connectivity index is 1.63. The minimum absolute atomic E-state index is 0.0414. The first-order chi connectivity index (χ1) is 10.5. The van der Waals surface area contributed by atoms with Gasteiger partial charge in [0.25, 0.3) is 5.91 Å². The van der Waals surface area contributed by atoms with Gasteiger partial charge in [0.1, 0.15) is 5.54 Å². The first-order valence-corrected chi connectivity index (χ1v) is 7.85. The molecule has 0 saturated heterocycles. The number of rotatable bonds is 5. The van der Waals surface area contributed by atoms with Crippen molar-refractivity contribution in [3.05, 3.63) is 24.3 Å². The van der Waals surface area contributed by atoms with E-state index in [0.29, 0.717) is 19.6 Å². The second-order valence-corrected chi connectivity index (χ2v) is 6.52. The average Bonchev–Trinajstić information content (AvgIpc) is 3.31. The molecular formula is C17H22N2O3. The summed E-state index contributed by atoms with van der Waals surface area (Å²) in [4.78, 5) is 25.9. The number of nitrogens with one attached hydrogen (secondary N) is 1. The summed E-state index contributed by atoms with van der Waals surface area (Å²) in [5, 5.41) is 3.27. The molecule has 5 nitrogen and oxygen atoms in total. The molecule has 0 bridgehead atoms. The Morgan fingerprint density at radius 1 is 1.36 bits per heavy atom. The smallest absolute Gasteiger partial charge is 0.308 e. The van der Waals surface area contributed by atoms with E-state index in [1.165, 1.54) is 0 Å². The van der Waals surface area contributed by atoms with E-state index in [1.54, 1.807) is 4.90 Å². The summed E-state index contributed by atoms with van der Waals surface area (Å²) in [6, 6.07) is 7.79. The number of benzene rings is 1. The van der Waals surface area contributed by atoms with Gasteiger partial charge in [0, 0.05) is 6.54 Å². The highest BCUT2D eigenvalue weighted by molar-refractivity contribution is 6.07. The summed E-state index contributed by atoms with van der Waals surface area (Å²) in [6.45, 7) is 4.69. The van der Waals surface area contributed by atoms with Crippen molar-refractivity contribution >= 4 is 23.3 Å². The molecule has 0 atom stereocenters. The van der Waals surface area contributed by atoms with Crippen LogP contribution in [0.4, 0.5) is 11.4 Å². The van der Waals surface area contributed by atoms with Crippen LogP contribution in [0.5, 0.6) is 0 Å². The van der Waals surface area contributed by atoms with E-state index in [0.717, 1.165) is 24.2 Å². The first-order valence-electron chi connectivity index (χ1n) is 7.85. The molecule has 1 amide bonds. The summed E-state index contributed by atoms with van der Waals surface area (Å²) in [6.07, 6.45) is 2.56. The number of carbonyl (C=O) groups is 2. The number of para-hydroxylation sites is 2. The molecule has 118 valence electrons. The molecular weight excluding hydrogens is 280 g/mol. The lowest BCUT2D eigenvalue weighted by molar-refractivity contribution is -0.145. The summed E-state index contributed by atoms with van der Waals surface area (Å²) in [7, 11) is 0. The normalized spacial score (nSPS) is 19.4. The van der Waals surface area contributed by atoms with Crippen LogP contribution >= 0.6 is 0 Å².